The van der Waals surface area contributed by atoms with Crippen molar-refractivity contribution in [3.8, 4) is 0 Å². The van der Waals surface area contributed by atoms with Gasteiger partial charge in [-0.2, -0.15) is 0 Å². The zero-order chi connectivity index (χ0) is 44.6. The highest BCUT2D eigenvalue weighted by atomic mass is 16.6. The average Bonchev–Trinajstić information content (AvgIpc) is 3.18. The van der Waals surface area contributed by atoms with Crippen LogP contribution in [0.4, 0.5) is 0 Å². The van der Waals surface area contributed by atoms with Gasteiger partial charge in [-0.05, 0) is 77.7 Å². The summed E-state index contributed by atoms with van der Waals surface area (Å²) in [5.41, 5.74) is 2.52. The molecule has 59 heavy (non-hydrogen) atoms. The number of cyclic esters (lactones) is 1. The van der Waals surface area contributed by atoms with Crippen LogP contribution < -0.4 is 0 Å². The van der Waals surface area contributed by atoms with Crippen molar-refractivity contribution in [3.63, 3.8) is 0 Å². The first-order valence-corrected chi connectivity index (χ1v) is 21.8. The highest BCUT2D eigenvalue weighted by Gasteiger charge is 2.41. The molecule has 11 heteroatoms. The molecule has 0 aromatic rings. The van der Waals surface area contributed by atoms with E-state index in [9.17, 15) is 45.3 Å². The molecule has 2 aliphatic heterocycles. The van der Waals surface area contributed by atoms with Gasteiger partial charge in [-0.25, -0.2) is 4.79 Å². The van der Waals surface area contributed by atoms with Crippen LogP contribution in [0, 0.1) is 29.6 Å². The molecule has 0 aromatic heterocycles. The SMILES string of the molecule is CCC(O)C(C)C(O)CC(O)C(O)/C=C(\C)CC(C)C1CC(O)C(C)/C=C\C=C/CC(C)C(=O)CC2CCC(C)C(O)(C/C=C(C)\C=C(\C)C(O)C/C=C(/C)C(=O)O1)O2. The number of hydrogen-bond donors (Lipinski definition) is 7. The summed E-state index contributed by atoms with van der Waals surface area (Å²) in [5.74, 6) is -3.41. The molecular formula is C48H78O11. The second-order valence-corrected chi connectivity index (χ2v) is 17.9. The van der Waals surface area contributed by atoms with Crippen LogP contribution in [0.15, 0.2) is 70.9 Å². The number of aliphatic hydroxyl groups excluding tert-OH is 6. The molecule has 14 unspecified atom stereocenters. The van der Waals surface area contributed by atoms with Crippen molar-refractivity contribution in [1.29, 1.82) is 0 Å². The van der Waals surface area contributed by atoms with Gasteiger partial charge in [0, 0.05) is 54.9 Å². The van der Waals surface area contributed by atoms with Crippen molar-refractivity contribution in [2.75, 3.05) is 0 Å². The topological polar surface area (TPSA) is 194 Å². The smallest absolute Gasteiger partial charge is 0.333 e. The zero-order valence-corrected chi connectivity index (χ0v) is 37.5. The van der Waals surface area contributed by atoms with Gasteiger partial charge in [0.25, 0.3) is 0 Å². The first-order valence-electron chi connectivity index (χ1n) is 21.8. The standard InChI is InChI=1S/C48H78O11/c1-11-39(49)37(10)43(53)27-45(55)44(54)25-30(3)24-35(8)46-28-42(52)32(5)16-14-12-13-15-31(4)41(51)26-38-19-18-36(9)48(57,59-38)22-21-29(2)23-34(7)40(50)20-17-33(6)47(56)58-46/h12-14,16-17,21,23,25,31-32,35-40,42-46,49-50,52-55,57H,11,15,18-20,22,24,26-28H2,1-10H3/b13-12-,16-14-,29-21-,30-25+,33-17-,34-23-. The molecule has 2 bridgehead atoms. The number of rotatable bonds is 10. The van der Waals surface area contributed by atoms with Gasteiger partial charge in [-0.1, -0.05) is 101 Å². The number of esters is 1. The molecule has 2 rings (SSSR count). The Labute approximate surface area is 354 Å². The molecule has 0 spiro atoms. The van der Waals surface area contributed by atoms with E-state index in [2.05, 4.69) is 0 Å². The van der Waals surface area contributed by atoms with Crippen LogP contribution in [0.3, 0.4) is 0 Å². The first-order chi connectivity index (χ1) is 27.6. The summed E-state index contributed by atoms with van der Waals surface area (Å²) in [6.07, 6.45) is 10.5. The molecule has 0 saturated carbocycles. The highest BCUT2D eigenvalue weighted by Crippen LogP contribution is 2.37. The normalized spacial score (nSPS) is 36.2. The minimum absolute atomic E-state index is 0.0661. The fraction of sp³-hybridized carbons (Fsp3) is 0.708. The summed E-state index contributed by atoms with van der Waals surface area (Å²) in [5, 5.41) is 75.9. The lowest BCUT2D eigenvalue weighted by Crippen LogP contribution is -2.47. The van der Waals surface area contributed by atoms with E-state index in [1.165, 1.54) is 6.08 Å². The number of carbonyl (C=O) groups excluding carboxylic acids is 2. The maximum Gasteiger partial charge on any atom is 0.333 e. The number of fused-ring (bicyclic) bond motifs is 2. The Morgan fingerprint density at radius 1 is 0.949 bits per heavy atom. The highest BCUT2D eigenvalue weighted by molar-refractivity contribution is 5.87. The number of carbonyl (C=O) groups is 2. The number of ether oxygens (including phenoxy) is 2. The summed E-state index contributed by atoms with van der Waals surface area (Å²) in [6.45, 7) is 18.2. The summed E-state index contributed by atoms with van der Waals surface area (Å²) < 4.78 is 12.2. The summed E-state index contributed by atoms with van der Waals surface area (Å²) in [7, 11) is 0. The fourth-order valence-electron chi connectivity index (χ4n) is 7.60. The van der Waals surface area contributed by atoms with Crippen LogP contribution in [0.2, 0.25) is 0 Å². The van der Waals surface area contributed by atoms with E-state index in [1.54, 1.807) is 40.7 Å². The number of hydrogen-bond acceptors (Lipinski definition) is 11. The van der Waals surface area contributed by atoms with Gasteiger partial charge in [-0.3, -0.25) is 4.79 Å². The number of allylic oxidation sites excluding steroid dienone is 6. The van der Waals surface area contributed by atoms with E-state index in [4.69, 9.17) is 9.47 Å². The molecule has 1 fully saturated rings. The van der Waals surface area contributed by atoms with Gasteiger partial charge < -0.3 is 45.2 Å². The van der Waals surface area contributed by atoms with Gasteiger partial charge in [0.2, 0.25) is 0 Å². The van der Waals surface area contributed by atoms with Gasteiger partial charge in [0.1, 0.15) is 11.9 Å². The van der Waals surface area contributed by atoms with Crippen molar-refractivity contribution in [1.82, 2.24) is 0 Å². The minimum Gasteiger partial charge on any atom is -0.459 e. The number of aliphatic hydroxyl groups is 7. The lowest BCUT2D eigenvalue weighted by Gasteiger charge is -2.41. The van der Waals surface area contributed by atoms with Crippen molar-refractivity contribution < 1.29 is 54.8 Å². The lowest BCUT2D eigenvalue weighted by molar-refractivity contribution is -0.277. The van der Waals surface area contributed by atoms with E-state index in [0.717, 1.165) is 12.0 Å². The molecule has 1 saturated heterocycles. The zero-order valence-electron chi connectivity index (χ0n) is 37.5. The van der Waals surface area contributed by atoms with Crippen LogP contribution in [-0.4, -0.2) is 102 Å². The molecule has 7 N–H and O–H groups in total. The third-order valence-electron chi connectivity index (χ3n) is 12.4. The molecule has 2 heterocycles. The Hall–Kier alpha value is -2.74. The monoisotopic (exact) mass is 831 g/mol. The third kappa shape index (κ3) is 17.6. The Bertz CT molecular complexity index is 1510. The average molecular weight is 831 g/mol. The van der Waals surface area contributed by atoms with Crippen molar-refractivity contribution in [3.05, 3.63) is 70.9 Å². The summed E-state index contributed by atoms with van der Waals surface area (Å²) in [4.78, 5) is 26.7. The van der Waals surface area contributed by atoms with Gasteiger partial charge in [0.15, 0.2) is 5.79 Å². The molecule has 0 radical (unpaired) electrons. The predicted octanol–water partition coefficient (Wildman–Crippen LogP) is 6.73. The third-order valence-corrected chi connectivity index (χ3v) is 12.4. The minimum atomic E-state index is -1.41. The lowest BCUT2D eigenvalue weighted by atomic mass is 9.85. The van der Waals surface area contributed by atoms with Gasteiger partial charge in [0.05, 0.1) is 42.7 Å². The molecule has 0 amide bonds. The Morgan fingerprint density at radius 3 is 2.29 bits per heavy atom. The van der Waals surface area contributed by atoms with Crippen LogP contribution in [0.25, 0.3) is 0 Å². The van der Waals surface area contributed by atoms with Crippen molar-refractivity contribution in [2.45, 2.75) is 188 Å². The van der Waals surface area contributed by atoms with Crippen LogP contribution in [-0.2, 0) is 19.1 Å². The summed E-state index contributed by atoms with van der Waals surface area (Å²) in [6, 6.07) is 0. The predicted molar refractivity (Wildman–Crippen MR) is 232 cm³/mol. The largest absolute Gasteiger partial charge is 0.459 e. The molecule has 336 valence electrons. The van der Waals surface area contributed by atoms with Gasteiger partial charge >= 0.3 is 5.97 Å². The Balaban J connectivity index is 2.35. The Morgan fingerprint density at radius 2 is 1.63 bits per heavy atom. The second kappa shape index (κ2) is 25.3. The van der Waals surface area contributed by atoms with E-state index in [-0.39, 0.29) is 67.7 Å². The van der Waals surface area contributed by atoms with E-state index < -0.39 is 60.4 Å². The fourth-order valence-corrected chi connectivity index (χ4v) is 7.60. The molecule has 0 aromatic carbocycles. The molecular weight excluding hydrogens is 753 g/mol. The maximum absolute atomic E-state index is 13.5. The summed E-state index contributed by atoms with van der Waals surface area (Å²) >= 11 is 0. The van der Waals surface area contributed by atoms with Crippen molar-refractivity contribution >= 4 is 11.8 Å². The van der Waals surface area contributed by atoms with E-state index in [0.29, 0.717) is 42.4 Å². The quantitative estimate of drug-likeness (QED) is 0.0912. The second-order valence-electron chi connectivity index (χ2n) is 17.9. The number of Topliss-reactive ketones (excluding diaryl/α,β-unsaturated/α-hetero) is 1. The van der Waals surface area contributed by atoms with E-state index >= 15 is 0 Å². The molecule has 0 aliphatic carbocycles. The van der Waals surface area contributed by atoms with Crippen molar-refractivity contribution in [2.24, 2.45) is 29.6 Å². The first kappa shape index (κ1) is 52.4. The Kier molecular flexibility index (Phi) is 22.4. The molecule has 2 aliphatic rings. The van der Waals surface area contributed by atoms with E-state index in [1.807, 2.05) is 71.1 Å². The van der Waals surface area contributed by atoms with Gasteiger partial charge in [-0.15, -0.1) is 0 Å². The van der Waals surface area contributed by atoms with Crippen LogP contribution in [0.1, 0.15) is 133 Å². The molecule has 14 atom stereocenters. The number of ketones is 1. The molecule has 11 nitrogen and oxygen atoms in total. The van der Waals surface area contributed by atoms with Crippen LogP contribution in [0.5, 0.6) is 0 Å². The van der Waals surface area contributed by atoms with Crippen LogP contribution >= 0.6 is 0 Å². The maximum atomic E-state index is 13.5.